The Morgan fingerprint density at radius 2 is 2.09 bits per heavy atom. The highest BCUT2D eigenvalue weighted by molar-refractivity contribution is 7.92. The highest BCUT2D eigenvalue weighted by Gasteiger charge is 2.58. The van der Waals surface area contributed by atoms with Gasteiger partial charge in [-0.1, -0.05) is 0 Å². The summed E-state index contributed by atoms with van der Waals surface area (Å²) in [6, 6.07) is 5.81. The van der Waals surface area contributed by atoms with Crippen molar-refractivity contribution in [2.75, 3.05) is 44.6 Å². The molecule has 32 heavy (non-hydrogen) atoms. The second-order valence-electron chi connectivity index (χ2n) is 8.66. The van der Waals surface area contributed by atoms with E-state index in [0.717, 1.165) is 16.5 Å². The molecule has 1 aliphatic carbocycles. The minimum absolute atomic E-state index is 0.0397. The van der Waals surface area contributed by atoms with Gasteiger partial charge in [0.1, 0.15) is 22.8 Å². The van der Waals surface area contributed by atoms with Crippen molar-refractivity contribution in [2.45, 2.75) is 23.6 Å². The number of hydrogen-bond donors (Lipinski definition) is 1. The number of methoxy groups -OCH3 is 1. The number of hydrogen-bond acceptors (Lipinski definition) is 8. The zero-order valence-corrected chi connectivity index (χ0v) is 18.7. The molecule has 0 bridgehead atoms. The molecular weight excluding hydrogens is 432 g/mol. The number of rotatable bonds is 4. The second kappa shape index (κ2) is 6.82. The maximum atomic E-state index is 12.8. The molecule has 2 aliphatic heterocycles. The summed E-state index contributed by atoms with van der Waals surface area (Å²) in [5, 5.41) is 0.941. The highest BCUT2D eigenvalue weighted by atomic mass is 32.2. The summed E-state index contributed by atoms with van der Waals surface area (Å²) >= 11 is 0. The molecule has 1 saturated carbocycles. The SMILES string of the molecule is COc1cc(-c2nc3c(c(C4(S(C)(=O)=O)CC4)n2)OC[C@@H]2COCCN32)c2cc[nH]c2c1. The normalized spacial score (nSPS) is 21.6. The van der Waals surface area contributed by atoms with Gasteiger partial charge in [-0.2, -0.15) is 0 Å². The van der Waals surface area contributed by atoms with Gasteiger partial charge >= 0.3 is 0 Å². The van der Waals surface area contributed by atoms with Gasteiger partial charge in [-0.25, -0.2) is 18.4 Å². The maximum Gasteiger partial charge on any atom is 0.185 e. The molecule has 10 heteroatoms. The van der Waals surface area contributed by atoms with Gasteiger partial charge in [-0.3, -0.25) is 0 Å². The van der Waals surface area contributed by atoms with Crippen molar-refractivity contribution in [1.82, 2.24) is 15.0 Å². The first kappa shape index (κ1) is 19.8. The van der Waals surface area contributed by atoms with Gasteiger partial charge in [-0.05, 0) is 25.0 Å². The lowest BCUT2D eigenvalue weighted by atomic mass is 10.1. The second-order valence-corrected chi connectivity index (χ2v) is 11.0. The zero-order valence-electron chi connectivity index (χ0n) is 17.9. The average molecular weight is 457 g/mol. The Kier molecular flexibility index (Phi) is 4.22. The van der Waals surface area contributed by atoms with Crippen molar-refractivity contribution in [3.63, 3.8) is 0 Å². The first-order chi connectivity index (χ1) is 15.4. The Labute approximate surface area is 185 Å². The Balaban J connectivity index is 1.63. The molecule has 0 radical (unpaired) electrons. The third-order valence-electron chi connectivity index (χ3n) is 6.73. The fourth-order valence-corrected chi connectivity index (χ4v) is 6.12. The number of aromatic nitrogens is 3. The first-order valence-electron chi connectivity index (χ1n) is 10.7. The highest BCUT2D eigenvalue weighted by Crippen LogP contribution is 2.56. The van der Waals surface area contributed by atoms with Crippen LogP contribution in [0.2, 0.25) is 0 Å². The molecule has 6 rings (SSSR count). The molecule has 1 saturated heterocycles. The Morgan fingerprint density at radius 1 is 1.25 bits per heavy atom. The lowest BCUT2D eigenvalue weighted by molar-refractivity contribution is 0.0692. The van der Waals surface area contributed by atoms with Crippen LogP contribution in [0, 0.1) is 0 Å². The number of H-pyrrole nitrogens is 1. The molecule has 0 unspecified atom stereocenters. The minimum atomic E-state index is -3.39. The molecule has 2 aromatic heterocycles. The first-order valence-corrected chi connectivity index (χ1v) is 12.6. The van der Waals surface area contributed by atoms with E-state index in [0.29, 0.717) is 68.0 Å². The zero-order chi connectivity index (χ0) is 22.1. The Morgan fingerprint density at radius 3 is 2.84 bits per heavy atom. The van der Waals surface area contributed by atoms with Crippen molar-refractivity contribution in [3.8, 4) is 22.9 Å². The summed E-state index contributed by atoms with van der Waals surface area (Å²) in [4.78, 5) is 15.2. The largest absolute Gasteiger partial charge is 0.497 e. The summed E-state index contributed by atoms with van der Waals surface area (Å²) in [5.41, 5.74) is 2.15. The third kappa shape index (κ3) is 2.82. The van der Waals surface area contributed by atoms with Crippen molar-refractivity contribution >= 4 is 26.6 Å². The van der Waals surface area contributed by atoms with E-state index in [1.165, 1.54) is 6.26 Å². The van der Waals surface area contributed by atoms with Gasteiger partial charge in [0.25, 0.3) is 0 Å². The number of anilines is 1. The van der Waals surface area contributed by atoms with Gasteiger partial charge in [0, 0.05) is 41.5 Å². The molecule has 168 valence electrons. The van der Waals surface area contributed by atoms with E-state index < -0.39 is 14.6 Å². The van der Waals surface area contributed by atoms with Gasteiger partial charge in [-0.15, -0.1) is 0 Å². The van der Waals surface area contributed by atoms with E-state index in [-0.39, 0.29) is 6.04 Å². The number of sulfone groups is 1. The molecule has 0 spiro atoms. The molecular formula is C22H24N4O5S. The van der Waals surface area contributed by atoms with Gasteiger partial charge < -0.3 is 24.1 Å². The van der Waals surface area contributed by atoms with E-state index in [1.54, 1.807) is 7.11 Å². The number of nitrogens with zero attached hydrogens (tertiary/aromatic N) is 3. The molecule has 9 nitrogen and oxygen atoms in total. The van der Waals surface area contributed by atoms with Crippen LogP contribution in [0.4, 0.5) is 5.82 Å². The fourth-order valence-electron chi connectivity index (χ4n) is 4.79. The van der Waals surface area contributed by atoms with Crippen LogP contribution in [-0.4, -0.2) is 69.1 Å². The Bertz CT molecular complexity index is 1330. The predicted octanol–water partition coefficient (Wildman–Crippen LogP) is 2.26. The fraction of sp³-hybridized carbons (Fsp3) is 0.455. The number of aromatic amines is 1. The van der Waals surface area contributed by atoms with E-state index in [4.69, 9.17) is 24.2 Å². The number of nitrogens with one attached hydrogen (secondary N) is 1. The molecule has 1 atom stereocenters. The number of benzene rings is 1. The standard InChI is InChI=1S/C22H24N4O5S/c1-29-14-9-16(15-3-6-23-17(15)10-14)20-24-19(22(4-5-22)32(2,27)28)18-21(25-20)26-7-8-30-11-13(26)12-31-18/h3,6,9-10,13,23H,4-5,7-8,11-12H2,1-2H3/t13-/m0/s1. The average Bonchev–Trinajstić information content (AvgIpc) is 3.49. The van der Waals surface area contributed by atoms with E-state index in [2.05, 4.69) is 9.88 Å². The molecule has 1 aromatic carbocycles. The molecule has 1 N–H and O–H groups in total. The van der Waals surface area contributed by atoms with Gasteiger partial charge in [0.15, 0.2) is 27.2 Å². The lowest BCUT2D eigenvalue weighted by Crippen LogP contribution is -2.52. The predicted molar refractivity (Wildman–Crippen MR) is 119 cm³/mol. The van der Waals surface area contributed by atoms with Crippen LogP contribution in [-0.2, 0) is 19.3 Å². The van der Waals surface area contributed by atoms with Crippen LogP contribution in [0.15, 0.2) is 24.4 Å². The summed E-state index contributed by atoms with van der Waals surface area (Å²) in [7, 11) is -1.78. The summed E-state index contributed by atoms with van der Waals surface area (Å²) in [6.07, 6.45) is 4.20. The number of fused-ring (bicyclic) bond motifs is 4. The molecule has 3 aromatic rings. The summed E-state index contributed by atoms with van der Waals surface area (Å²) in [6.45, 7) is 2.22. The molecule has 3 aliphatic rings. The smallest absolute Gasteiger partial charge is 0.185 e. The van der Waals surface area contributed by atoms with E-state index in [1.807, 2.05) is 24.4 Å². The van der Waals surface area contributed by atoms with Crippen LogP contribution in [0.3, 0.4) is 0 Å². The summed E-state index contributed by atoms with van der Waals surface area (Å²) < 4.78 is 41.9. The quantitative estimate of drug-likeness (QED) is 0.637. The van der Waals surface area contributed by atoms with Crippen LogP contribution in [0.1, 0.15) is 18.5 Å². The van der Waals surface area contributed by atoms with Gasteiger partial charge in [0.05, 0.1) is 26.4 Å². The summed E-state index contributed by atoms with van der Waals surface area (Å²) in [5.74, 6) is 2.27. The van der Waals surface area contributed by atoms with Gasteiger partial charge in [0.2, 0.25) is 0 Å². The minimum Gasteiger partial charge on any atom is -0.497 e. The van der Waals surface area contributed by atoms with E-state index >= 15 is 0 Å². The molecule has 2 fully saturated rings. The lowest BCUT2D eigenvalue weighted by Gasteiger charge is -2.41. The van der Waals surface area contributed by atoms with Crippen molar-refractivity contribution in [3.05, 3.63) is 30.1 Å². The Hall–Kier alpha value is -2.85. The number of morpholine rings is 1. The molecule has 0 amide bonds. The van der Waals surface area contributed by atoms with Crippen LogP contribution >= 0.6 is 0 Å². The van der Waals surface area contributed by atoms with Crippen molar-refractivity contribution in [1.29, 1.82) is 0 Å². The van der Waals surface area contributed by atoms with Crippen LogP contribution in [0.5, 0.6) is 11.5 Å². The van der Waals surface area contributed by atoms with Crippen molar-refractivity contribution < 1.29 is 22.6 Å². The third-order valence-corrected chi connectivity index (χ3v) is 8.75. The van der Waals surface area contributed by atoms with Crippen LogP contribution < -0.4 is 14.4 Å². The number of ether oxygens (including phenoxy) is 3. The monoisotopic (exact) mass is 456 g/mol. The molecule has 4 heterocycles. The van der Waals surface area contributed by atoms with Crippen molar-refractivity contribution in [2.24, 2.45) is 0 Å². The van der Waals surface area contributed by atoms with Crippen LogP contribution in [0.25, 0.3) is 22.3 Å². The topological polar surface area (TPSA) is 107 Å². The van der Waals surface area contributed by atoms with E-state index in [9.17, 15) is 8.42 Å². The maximum absolute atomic E-state index is 12.8.